The number of carbonyl (C=O) groups is 1. The van der Waals surface area contributed by atoms with Gasteiger partial charge in [0.1, 0.15) is 28.6 Å². The molecule has 0 radical (unpaired) electrons. The smallest absolute Gasteiger partial charge is 0.248 e. The number of amides is 1. The van der Waals surface area contributed by atoms with Gasteiger partial charge in [-0.3, -0.25) is 4.79 Å². The molecule has 4 rings (SSSR count). The molecule has 1 aromatic heterocycles. The minimum Gasteiger partial charge on any atom is -0.497 e. The lowest BCUT2D eigenvalue weighted by molar-refractivity contribution is -0.111. The number of hydrogen-bond acceptors (Lipinski definition) is 6. The minimum absolute atomic E-state index is 0.298. The van der Waals surface area contributed by atoms with Crippen LogP contribution in [0.3, 0.4) is 0 Å². The van der Waals surface area contributed by atoms with Gasteiger partial charge in [0.25, 0.3) is 0 Å². The Hall–Kier alpha value is -4.39. The molecule has 0 unspecified atom stereocenters. The molecule has 1 N–H and O–H groups in total. The number of benzene rings is 3. The van der Waals surface area contributed by atoms with Crippen LogP contribution >= 0.6 is 0 Å². The summed E-state index contributed by atoms with van der Waals surface area (Å²) in [6, 6.07) is 15.0. The molecular weight excluding hydrogens is 458 g/mol. The van der Waals surface area contributed by atoms with E-state index in [9.17, 15) is 4.79 Å². The predicted octanol–water partition coefficient (Wildman–Crippen LogP) is 6.48. The van der Waals surface area contributed by atoms with Crippen LogP contribution in [0, 0.1) is 6.92 Å². The molecule has 36 heavy (non-hydrogen) atoms. The Morgan fingerprint density at radius 3 is 2.33 bits per heavy atom. The molecule has 7 heteroatoms. The van der Waals surface area contributed by atoms with Gasteiger partial charge < -0.3 is 28.7 Å². The zero-order valence-corrected chi connectivity index (χ0v) is 21.2. The SMILES string of the molecule is COc1ccc(NC(=O)/C=C(\C)c2cc3c(-c4ccccc4OC)coc3c(C)c2OC)c(OC)c1. The van der Waals surface area contributed by atoms with E-state index in [0.29, 0.717) is 22.9 Å². The standard InChI is InChI=1S/C29H29NO6/c1-17(13-27(31)30-24-12-11-19(32-3)14-26(24)34-5)21-15-22-23(20-9-7-8-10-25(20)33-4)16-36-29(22)18(2)28(21)35-6/h7-16H,1-6H3,(H,30,31)/b17-13+. The Labute approximate surface area is 210 Å². The topological polar surface area (TPSA) is 79.2 Å². The van der Waals surface area contributed by atoms with Crippen LogP contribution in [-0.2, 0) is 4.79 Å². The van der Waals surface area contributed by atoms with Crippen molar-refractivity contribution in [3.63, 3.8) is 0 Å². The summed E-state index contributed by atoms with van der Waals surface area (Å²) >= 11 is 0. The second-order valence-electron chi connectivity index (χ2n) is 8.19. The van der Waals surface area contributed by atoms with Gasteiger partial charge in [-0.2, -0.15) is 0 Å². The quantitative estimate of drug-likeness (QED) is 0.286. The maximum Gasteiger partial charge on any atom is 0.248 e. The van der Waals surface area contributed by atoms with Gasteiger partial charge in [-0.05, 0) is 43.7 Å². The van der Waals surface area contributed by atoms with E-state index < -0.39 is 0 Å². The molecule has 0 saturated carbocycles. The van der Waals surface area contributed by atoms with Crippen LogP contribution in [0.4, 0.5) is 5.69 Å². The molecule has 4 aromatic rings. The number of nitrogens with one attached hydrogen (secondary N) is 1. The highest BCUT2D eigenvalue weighted by Crippen LogP contribution is 2.42. The van der Waals surface area contributed by atoms with Crippen LogP contribution in [0.1, 0.15) is 18.1 Å². The summed E-state index contributed by atoms with van der Waals surface area (Å²) in [4.78, 5) is 12.9. The number of carbonyl (C=O) groups excluding carboxylic acids is 1. The van der Waals surface area contributed by atoms with Crippen molar-refractivity contribution in [3.05, 3.63) is 72.0 Å². The van der Waals surface area contributed by atoms with E-state index >= 15 is 0 Å². The van der Waals surface area contributed by atoms with Crippen molar-refractivity contribution in [2.45, 2.75) is 13.8 Å². The first kappa shape index (κ1) is 24.7. The van der Waals surface area contributed by atoms with Crippen LogP contribution in [0.2, 0.25) is 0 Å². The van der Waals surface area contributed by atoms with Crippen molar-refractivity contribution in [1.29, 1.82) is 0 Å². The zero-order valence-electron chi connectivity index (χ0n) is 21.2. The van der Waals surface area contributed by atoms with Crippen LogP contribution in [0.5, 0.6) is 23.0 Å². The fourth-order valence-electron chi connectivity index (χ4n) is 4.29. The van der Waals surface area contributed by atoms with Gasteiger partial charge in [-0.1, -0.05) is 18.2 Å². The molecule has 0 aliphatic carbocycles. The van der Waals surface area contributed by atoms with Crippen molar-refractivity contribution >= 4 is 28.1 Å². The number of anilines is 1. The van der Waals surface area contributed by atoms with Crippen molar-refractivity contribution in [3.8, 4) is 34.1 Å². The highest BCUT2D eigenvalue weighted by molar-refractivity contribution is 6.06. The van der Waals surface area contributed by atoms with E-state index in [2.05, 4.69) is 5.32 Å². The van der Waals surface area contributed by atoms with E-state index in [1.54, 1.807) is 52.9 Å². The molecule has 0 bridgehead atoms. The third-order valence-electron chi connectivity index (χ3n) is 6.08. The summed E-state index contributed by atoms with van der Waals surface area (Å²) in [6.45, 7) is 3.81. The molecule has 186 valence electrons. The monoisotopic (exact) mass is 487 g/mol. The number of ether oxygens (including phenoxy) is 4. The van der Waals surface area contributed by atoms with Gasteiger partial charge in [0.05, 0.1) is 40.4 Å². The highest BCUT2D eigenvalue weighted by Gasteiger charge is 2.20. The second kappa shape index (κ2) is 10.5. The lowest BCUT2D eigenvalue weighted by Gasteiger charge is -2.14. The number of hydrogen-bond donors (Lipinski definition) is 1. The third-order valence-corrected chi connectivity index (χ3v) is 6.08. The molecule has 0 atom stereocenters. The van der Waals surface area contributed by atoms with Crippen LogP contribution in [0.25, 0.3) is 27.7 Å². The summed E-state index contributed by atoms with van der Waals surface area (Å²) in [5.74, 6) is 2.23. The molecule has 1 heterocycles. The molecule has 7 nitrogen and oxygen atoms in total. The first-order chi connectivity index (χ1) is 17.4. The number of methoxy groups -OCH3 is 4. The van der Waals surface area contributed by atoms with Crippen molar-refractivity contribution in [2.24, 2.45) is 0 Å². The number of fused-ring (bicyclic) bond motifs is 1. The van der Waals surface area contributed by atoms with Gasteiger partial charge in [-0.15, -0.1) is 0 Å². The summed E-state index contributed by atoms with van der Waals surface area (Å²) in [7, 11) is 6.37. The molecule has 1 amide bonds. The predicted molar refractivity (Wildman–Crippen MR) is 141 cm³/mol. The molecule has 0 saturated heterocycles. The fraction of sp³-hybridized carbons (Fsp3) is 0.207. The lowest BCUT2D eigenvalue weighted by Crippen LogP contribution is -2.10. The number of rotatable bonds is 8. The van der Waals surface area contributed by atoms with E-state index in [-0.39, 0.29) is 5.91 Å². The molecule has 0 aliphatic rings. The summed E-state index contributed by atoms with van der Waals surface area (Å²) < 4.78 is 27.9. The number of allylic oxidation sites excluding steroid dienone is 1. The summed E-state index contributed by atoms with van der Waals surface area (Å²) in [6.07, 6.45) is 3.26. The Balaban J connectivity index is 1.76. The Bertz CT molecular complexity index is 1450. The normalized spacial score (nSPS) is 11.3. The first-order valence-electron chi connectivity index (χ1n) is 11.4. The second-order valence-corrected chi connectivity index (χ2v) is 8.19. The van der Waals surface area contributed by atoms with Crippen molar-refractivity contribution in [1.82, 2.24) is 0 Å². The Kier molecular flexibility index (Phi) is 7.20. The molecule has 3 aromatic carbocycles. The average molecular weight is 488 g/mol. The van der Waals surface area contributed by atoms with Crippen molar-refractivity contribution in [2.75, 3.05) is 33.8 Å². The summed E-state index contributed by atoms with van der Waals surface area (Å²) in [5, 5.41) is 3.78. The van der Waals surface area contributed by atoms with Crippen LogP contribution in [0.15, 0.2) is 65.3 Å². The molecule has 0 aliphatic heterocycles. The Morgan fingerprint density at radius 2 is 1.64 bits per heavy atom. The molecule has 0 spiro atoms. The Morgan fingerprint density at radius 1 is 0.889 bits per heavy atom. The average Bonchev–Trinajstić information content (AvgIpc) is 3.32. The van der Waals surface area contributed by atoms with Gasteiger partial charge in [0, 0.05) is 39.8 Å². The zero-order chi connectivity index (χ0) is 25.8. The summed E-state index contributed by atoms with van der Waals surface area (Å²) in [5.41, 5.74) is 5.44. The van der Waals surface area contributed by atoms with Crippen molar-refractivity contribution < 1.29 is 28.2 Å². The van der Waals surface area contributed by atoms with E-state index in [4.69, 9.17) is 23.4 Å². The maximum absolute atomic E-state index is 12.9. The lowest BCUT2D eigenvalue weighted by atomic mass is 9.96. The third kappa shape index (κ3) is 4.60. The maximum atomic E-state index is 12.9. The number of aryl methyl sites for hydroxylation is 1. The molecule has 0 fully saturated rings. The highest BCUT2D eigenvalue weighted by atomic mass is 16.5. The number of para-hydroxylation sites is 1. The van der Waals surface area contributed by atoms with Gasteiger partial charge >= 0.3 is 0 Å². The molecular formula is C29H29NO6. The van der Waals surface area contributed by atoms with Gasteiger partial charge in [0.2, 0.25) is 5.91 Å². The van der Waals surface area contributed by atoms with Gasteiger partial charge in [0.15, 0.2) is 0 Å². The number of furan rings is 1. The largest absolute Gasteiger partial charge is 0.497 e. The van der Waals surface area contributed by atoms with E-state index in [1.807, 2.05) is 44.2 Å². The first-order valence-corrected chi connectivity index (χ1v) is 11.4. The minimum atomic E-state index is -0.298. The van der Waals surface area contributed by atoms with Crippen LogP contribution in [-0.4, -0.2) is 34.3 Å². The van der Waals surface area contributed by atoms with Crippen LogP contribution < -0.4 is 24.3 Å². The van der Waals surface area contributed by atoms with E-state index in [1.165, 1.54) is 6.08 Å². The van der Waals surface area contributed by atoms with Gasteiger partial charge in [-0.25, -0.2) is 0 Å². The fourth-order valence-corrected chi connectivity index (χ4v) is 4.29. The van der Waals surface area contributed by atoms with E-state index in [0.717, 1.165) is 44.5 Å².